The van der Waals surface area contributed by atoms with Crippen molar-refractivity contribution in [3.63, 3.8) is 0 Å². The van der Waals surface area contributed by atoms with Crippen molar-refractivity contribution < 1.29 is 4.39 Å². The van der Waals surface area contributed by atoms with E-state index in [0.29, 0.717) is 10.4 Å². The summed E-state index contributed by atoms with van der Waals surface area (Å²) in [5.74, 6) is 0.231. The van der Waals surface area contributed by atoms with Gasteiger partial charge in [-0.1, -0.05) is 19.4 Å². The summed E-state index contributed by atoms with van der Waals surface area (Å²) in [5.41, 5.74) is 1.13. The van der Waals surface area contributed by atoms with Crippen LogP contribution in [0.25, 0.3) is 0 Å². The normalized spacial score (nSPS) is 15.0. The number of hydrogen-bond donors (Lipinski definition) is 0. The molecule has 0 bridgehead atoms. The van der Waals surface area contributed by atoms with Gasteiger partial charge in [-0.3, -0.25) is 0 Å². The predicted molar refractivity (Wildman–Crippen MR) is 66.9 cm³/mol. The Morgan fingerprint density at radius 2 is 2.13 bits per heavy atom. The summed E-state index contributed by atoms with van der Waals surface area (Å²) in [6, 6.07) is 5.14. The van der Waals surface area contributed by atoms with Gasteiger partial charge >= 0.3 is 0 Å². The Morgan fingerprint density at radius 3 is 2.60 bits per heavy atom. The zero-order chi connectivity index (χ0) is 11.4. The topological polar surface area (TPSA) is 0 Å². The van der Waals surface area contributed by atoms with E-state index in [0.717, 1.165) is 18.4 Å². The van der Waals surface area contributed by atoms with Crippen LogP contribution in [-0.2, 0) is 6.42 Å². The summed E-state index contributed by atoms with van der Waals surface area (Å²) in [6.07, 6.45) is 1.94. The van der Waals surface area contributed by atoms with Gasteiger partial charge in [0.15, 0.2) is 0 Å². The molecule has 1 aromatic carbocycles. The lowest BCUT2D eigenvalue weighted by Crippen LogP contribution is -2.13. The van der Waals surface area contributed by atoms with Gasteiger partial charge in [0.2, 0.25) is 0 Å². The predicted octanol–water partition coefficient (Wildman–Crippen LogP) is 4.78. The van der Waals surface area contributed by atoms with E-state index in [1.807, 2.05) is 19.1 Å². The average molecular weight is 294 g/mol. The van der Waals surface area contributed by atoms with Gasteiger partial charge in [-0.25, -0.2) is 4.39 Å². The molecular weight excluding hydrogens is 278 g/mol. The molecule has 3 heteroatoms. The van der Waals surface area contributed by atoms with Gasteiger partial charge in [0.05, 0.1) is 4.47 Å². The van der Waals surface area contributed by atoms with E-state index in [4.69, 9.17) is 11.6 Å². The highest BCUT2D eigenvalue weighted by Crippen LogP contribution is 2.23. The Balaban J connectivity index is 2.75. The maximum Gasteiger partial charge on any atom is 0.137 e. The van der Waals surface area contributed by atoms with Crippen LogP contribution in [0.2, 0.25) is 0 Å². The van der Waals surface area contributed by atoms with Gasteiger partial charge in [-0.05, 0) is 52.9 Å². The molecule has 84 valence electrons. The van der Waals surface area contributed by atoms with Crippen LogP contribution in [0.1, 0.15) is 25.8 Å². The number of halogens is 3. The Kier molecular flexibility index (Phi) is 5.07. The maximum absolute atomic E-state index is 13.0. The number of benzene rings is 1. The lowest BCUT2D eigenvalue weighted by atomic mass is 9.94. The molecule has 0 aliphatic carbocycles. The number of rotatable bonds is 4. The fourth-order valence-electron chi connectivity index (χ4n) is 1.60. The van der Waals surface area contributed by atoms with Gasteiger partial charge in [-0.15, -0.1) is 11.6 Å². The first-order valence-electron chi connectivity index (χ1n) is 5.12. The molecule has 15 heavy (non-hydrogen) atoms. The van der Waals surface area contributed by atoms with E-state index < -0.39 is 0 Å². The number of alkyl halides is 1. The first-order valence-corrected chi connectivity index (χ1v) is 6.35. The SMILES string of the molecule is CCC(Cc1ccc(F)c(Br)c1)C(C)Cl. The molecule has 0 radical (unpaired) electrons. The fraction of sp³-hybridized carbons (Fsp3) is 0.500. The van der Waals surface area contributed by atoms with E-state index in [1.165, 1.54) is 6.07 Å². The minimum Gasteiger partial charge on any atom is -0.206 e. The van der Waals surface area contributed by atoms with E-state index in [2.05, 4.69) is 22.9 Å². The zero-order valence-electron chi connectivity index (χ0n) is 8.93. The second kappa shape index (κ2) is 5.86. The van der Waals surface area contributed by atoms with Crippen LogP contribution in [0, 0.1) is 11.7 Å². The Labute approximate surface area is 104 Å². The third-order valence-corrected chi connectivity index (χ3v) is 3.62. The van der Waals surface area contributed by atoms with Crippen molar-refractivity contribution >= 4 is 27.5 Å². The standard InChI is InChI=1S/C12H15BrClF/c1-3-10(8(2)14)6-9-4-5-12(15)11(13)7-9/h4-5,7-8,10H,3,6H2,1-2H3. The summed E-state index contributed by atoms with van der Waals surface area (Å²) >= 11 is 9.27. The van der Waals surface area contributed by atoms with Crippen LogP contribution >= 0.6 is 27.5 Å². The summed E-state index contributed by atoms with van der Waals surface area (Å²) in [7, 11) is 0. The monoisotopic (exact) mass is 292 g/mol. The first-order chi connectivity index (χ1) is 7.04. The zero-order valence-corrected chi connectivity index (χ0v) is 11.3. The largest absolute Gasteiger partial charge is 0.206 e. The van der Waals surface area contributed by atoms with Crippen LogP contribution in [0.4, 0.5) is 4.39 Å². The van der Waals surface area contributed by atoms with E-state index >= 15 is 0 Å². The molecule has 0 aliphatic rings. The van der Waals surface area contributed by atoms with Crippen LogP contribution in [0.5, 0.6) is 0 Å². The molecule has 0 aliphatic heterocycles. The summed E-state index contributed by atoms with van der Waals surface area (Å²) in [6.45, 7) is 4.14. The van der Waals surface area contributed by atoms with Crippen molar-refractivity contribution in [1.29, 1.82) is 0 Å². The maximum atomic E-state index is 13.0. The molecule has 2 unspecified atom stereocenters. The van der Waals surface area contributed by atoms with Crippen LogP contribution in [0.15, 0.2) is 22.7 Å². The molecule has 1 aromatic rings. The molecule has 0 N–H and O–H groups in total. The van der Waals surface area contributed by atoms with Gasteiger partial charge in [0.25, 0.3) is 0 Å². The Bertz CT molecular complexity index is 325. The minimum absolute atomic E-state index is 0.152. The number of hydrogen-bond acceptors (Lipinski definition) is 0. The van der Waals surface area contributed by atoms with Crippen LogP contribution in [-0.4, -0.2) is 5.38 Å². The van der Waals surface area contributed by atoms with E-state index in [-0.39, 0.29) is 11.2 Å². The van der Waals surface area contributed by atoms with Crippen molar-refractivity contribution in [2.75, 3.05) is 0 Å². The molecular formula is C12H15BrClF. The van der Waals surface area contributed by atoms with Crippen LogP contribution in [0.3, 0.4) is 0 Å². The molecule has 2 atom stereocenters. The van der Waals surface area contributed by atoms with E-state index in [1.54, 1.807) is 0 Å². The lowest BCUT2D eigenvalue weighted by Gasteiger charge is -2.17. The molecule has 0 saturated carbocycles. The van der Waals surface area contributed by atoms with Crippen molar-refractivity contribution in [2.24, 2.45) is 5.92 Å². The van der Waals surface area contributed by atoms with Gasteiger partial charge in [0, 0.05) is 5.38 Å². The molecule has 0 saturated heterocycles. The van der Waals surface area contributed by atoms with Gasteiger partial charge < -0.3 is 0 Å². The summed E-state index contributed by atoms with van der Waals surface area (Å²) < 4.78 is 13.5. The highest BCUT2D eigenvalue weighted by Gasteiger charge is 2.14. The Hall–Kier alpha value is -0.0800. The smallest absolute Gasteiger partial charge is 0.137 e. The highest BCUT2D eigenvalue weighted by atomic mass is 79.9. The second-order valence-corrected chi connectivity index (χ2v) is 5.34. The quantitative estimate of drug-likeness (QED) is 0.701. The average Bonchev–Trinajstić information content (AvgIpc) is 2.19. The van der Waals surface area contributed by atoms with Crippen LogP contribution < -0.4 is 0 Å². The minimum atomic E-state index is -0.217. The molecule has 0 heterocycles. The molecule has 0 spiro atoms. The molecule has 0 aromatic heterocycles. The van der Waals surface area contributed by atoms with Crippen molar-refractivity contribution in [3.05, 3.63) is 34.1 Å². The summed E-state index contributed by atoms with van der Waals surface area (Å²) in [5, 5.41) is 0.152. The molecule has 0 amide bonds. The van der Waals surface area contributed by atoms with Crippen molar-refractivity contribution in [3.8, 4) is 0 Å². The fourth-order valence-corrected chi connectivity index (χ4v) is 2.29. The van der Waals surface area contributed by atoms with Crippen molar-refractivity contribution in [1.82, 2.24) is 0 Å². The van der Waals surface area contributed by atoms with Gasteiger partial charge in [-0.2, -0.15) is 0 Å². The van der Waals surface area contributed by atoms with Crippen molar-refractivity contribution in [2.45, 2.75) is 32.1 Å². The molecule has 0 nitrogen and oxygen atoms in total. The lowest BCUT2D eigenvalue weighted by molar-refractivity contribution is 0.496. The summed E-state index contributed by atoms with van der Waals surface area (Å²) in [4.78, 5) is 0. The third kappa shape index (κ3) is 3.76. The molecule has 0 fully saturated rings. The highest BCUT2D eigenvalue weighted by molar-refractivity contribution is 9.10. The third-order valence-electron chi connectivity index (χ3n) is 2.66. The first kappa shape index (κ1) is 13.0. The van der Waals surface area contributed by atoms with E-state index in [9.17, 15) is 4.39 Å². The van der Waals surface area contributed by atoms with Gasteiger partial charge in [0.1, 0.15) is 5.82 Å². The molecule has 1 rings (SSSR count). The second-order valence-electron chi connectivity index (χ2n) is 3.80. The Morgan fingerprint density at radius 1 is 1.47 bits per heavy atom.